The maximum absolute atomic E-state index is 12.5. The highest BCUT2D eigenvalue weighted by Gasteiger charge is 2.28. The number of nitrogens with zero attached hydrogens (tertiary/aromatic N) is 2. The molecule has 2 N–H and O–H groups in total. The quantitative estimate of drug-likeness (QED) is 0.912. The van der Waals surface area contributed by atoms with Crippen molar-refractivity contribution in [2.24, 2.45) is 0 Å². The molecule has 116 valence electrons. The number of carbonyl (C=O) groups excluding carboxylic acids is 1. The Hall–Kier alpha value is -2.30. The monoisotopic (exact) mass is 299 g/mol. The number of likely N-dealkylation sites (tertiary alicyclic amines) is 1. The van der Waals surface area contributed by atoms with Gasteiger partial charge in [-0.15, -0.1) is 0 Å². The zero-order chi connectivity index (χ0) is 15.4. The lowest BCUT2D eigenvalue weighted by atomic mass is 9.95. The second-order valence-electron chi connectivity index (χ2n) is 5.79. The number of aromatic nitrogens is 2. The molecular formula is C17H21N3O2. The van der Waals surface area contributed by atoms with Crippen LogP contribution in [0.2, 0.25) is 0 Å². The number of phenolic OH excluding ortho intramolecular Hbond substituents is 1. The van der Waals surface area contributed by atoms with Gasteiger partial charge in [-0.3, -0.25) is 4.79 Å². The lowest BCUT2D eigenvalue weighted by molar-refractivity contribution is 0.0590. The molecule has 1 aliphatic heterocycles. The van der Waals surface area contributed by atoms with Crippen LogP contribution >= 0.6 is 0 Å². The van der Waals surface area contributed by atoms with E-state index in [-0.39, 0.29) is 11.9 Å². The Kier molecular flexibility index (Phi) is 4.42. The van der Waals surface area contributed by atoms with Gasteiger partial charge < -0.3 is 15.0 Å². The minimum Gasteiger partial charge on any atom is -0.508 e. The Labute approximate surface area is 130 Å². The molecule has 1 amide bonds. The minimum absolute atomic E-state index is 0.00870. The SMILES string of the molecule is O=C(c1ncc[nH]1)N1CCCC[C@@H]1CCc1cccc(O)c1. The second kappa shape index (κ2) is 6.64. The van der Waals surface area contributed by atoms with E-state index in [1.165, 1.54) is 0 Å². The van der Waals surface area contributed by atoms with Crippen LogP contribution in [0.15, 0.2) is 36.7 Å². The first-order valence-corrected chi connectivity index (χ1v) is 7.82. The second-order valence-corrected chi connectivity index (χ2v) is 5.79. The number of benzene rings is 1. The summed E-state index contributed by atoms with van der Waals surface area (Å²) in [5.41, 5.74) is 1.11. The fourth-order valence-electron chi connectivity index (χ4n) is 3.13. The van der Waals surface area contributed by atoms with Crippen LogP contribution in [-0.2, 0) is 6.42 Å². The molecule has 0 radical (unpaired) electrons. The van der Waals surface area contributed by atoms with Crippen molar-refractivity contribution in [2.45, 2.75) is 38.1 Å². The molecule has 22 heavy (non-hydrogen) atoms. The van der Waals surface area contributed by atoms with E-state index in [1.54, 1.807) is 24.5 Å². The van der Waals surface area contributed by atoms with Crippen molar-refractivity contribution in [1.29, 1.82) is 0 Å². The largest absolute Gasteiger partial charge is 0.508 e. The van der Waals surface area contributed by atoms with Crippen LogP contribution in [0.1, 0.15) is 41.9 Å². The van der Waals surface area contributed by atoms with Gasteiger partial charge in [-0.1, -0.05) is 12.1 Å². The summed E-state index contributed by atoms with van der Waals surface area (Å²) in [6, 6.07) is 7.59. The molecule has 0 unspecified atom stereocenters. The number of hydrogen-bond donors (Lipinski definition) is 2. The fraction of sp³-hybridized carbons (Fsp3) is 0.412. The Bertz CT molecular complexity index is 625. The van der Waals surface area contributed by atoms with Crippen molar-refractivity contribution < 1.29 is 9.90 Å². The molecule has 5 nitrogen and oxygen atoms in total. The third kappa shape index (κ3) is 3.30. The summed E-state index contributed by atoms with van der Waals surface area (Å²) >= 11 is 0. The normalized spacial score (nSPS) is 18.4. The van der Waals surface area contributed by atoms with Gasteiger partial charge >= 0.3 is 0 Å². The summed E-state index contributed by atoms with van der Waals surface area (Å²) in [4.78, 5) is 21.5. The van der Waals surface area contributed by atoms with Gasteiger partial charge in [0.2, 0.25) is 0 Å². The first-order valence-electron chi connectivity index (χ1n) is 7.82. The van der Waals surface area contributed by atoms with Crippen LogP contribution < -0.4 is 0 Å². The number of hydrogen-bond acceptors (Lipinski definition) is 3. The molecule has 3 rings (SSSR count). The van der Waals surface area contributed by atoms with Gasteiger partial charge in [-0.25, -0.2) is 4.98 Å². The summed E-state index contributed by atoms with van der Waals surface area (Å²) in [6.07, 6.45) is 8.31. The van der Waals surface area contributed by atoms with Crippen molar-refractivity contribution >= 4 is 5.91 Å². The number of aryl methyl sites for hydroxylation is 1. The number of carbonyl (C=O) groups is 1. The Morgan fingerprint density at radius 2 is 2.32 bits per heavy atom. The average Bonchev–Trinajstić information content (AvgIpc) is 3.07. The number of amides is 1. The molecule has 1 atom stereocenters. The number of nitrogens with one attached hydrogen (secondary N) is 1. The van der Waals surface area contributed by atoms with E-state index in [1.807, 2.05) is 17.0 Å². The number of phenols is 1. The highest BCUT2D eigenvalue weighted by atomic mass is 16.3. The molecule has 0 aliphatic carbocycles. The minimum atomic E-state index is -0.00870. The van der Waals surface area contributed by atoms with Crippen molar-refractivity contribution in [3.05, 3.63) is 48.0 Å². The number of piperidine rings is 1. The Morgan fingerprint density at radius 1 is 1.41 bits per heavy atom. The predicted molar refractivity (Wildman–Crippen MR) is 83.7 cm³/mol. The number of imidazole rings is 1. The standard InChI is InChI=1S/C17H21N3O2/c21-15-6-3-4-13(12-15)7-8-14-5-1-2-11-20(14)17(22)16-18-9-10-19-16/h3-4,6,9-10,12,14,21H,1-2,5,7-8,11H2,(H,18,19)/t14-/m1/s1. The van der Waals surface area contributed by atoms with E-state index in [9.17, 15) is 9.90 Å². The molecule has 1 fully saturated rings. The van der Waals surface area contributed by atoms with Gasteiger partial charge in [0.05, 0.1) is 0 Å². The lowest BCUT2D eigenvalue weighted by Gasteiger charge is -2.35. The van der Waals surface area contributed by atoms with Crippen molar-refractivity contribution in [2.75, 3.05) is 6.54 Å². The van der Waals surface area contributed by atoms with Crippen LogP contribution in [0, 0.1) is 0 Å². The van der Waals surface area contributed by atoms with E-state index >= 15 is 0 Å². The zero-order valence-electron chi connectivity index (χ0n) is 12.5. The zero-order valence-corrected chi connectivity index (χ0v) is 12.5. The Balaban J connectivity index is 1.66. The van der Waals surface area contributed by atoms with Crippen LogP contribution in [-0.4, -0.2) is 38.5 Å². The summed E-state index contributed by atoms with van der Waals surface area (Å²) in [7, 11) is 0. The molecule has 0 saturated carbocycles. The number of aromatic hydroxyl groups is 1. The maximum atomic E-state index is 12.5. The van der Waals surface area contributed by atoms with E-state index in [0.29, 0.717) is 11.6 Å². The average molecular weight is 299 g/mol. The van der Waals surface area contributed by atoms with Crippen LogP contribution in [0.4, 0.5) is 0 Å². The Morgan fingerprint density at radius 3 is 3.09 bits per heavy atom. The molecule has 1 aliphatic rings. The summed E-state index contributed by atoms with van der Waals surface area (Å²) in [5, 5.41) is 9.54. The van der Waals surface area contributed by atoms with E-state index < -0.39 is 0 Å². The molecule has 1 aromatic heterocycles. The maximum Gasteiger partial charge on any atom is 0.289 e. The van der Waals surface area contributed by atoms with E-state index in [2.05, 4.69) is 9.97 Å². The summed E-state index contributed by atoms with van der Waals surface area (Å²) in [6.45, 7) is 0.796. The molecule has 1 aromatic carbocycles. The van der Waals surface area contributed by atoms with Crippen LogP contribution in [0.25, 0.3) is 0 Å². The number of rotatable bonds is 4. The van der Waals surface area contributed by atoms with Crippen molar-refractivity contribution in [3.63, 3.8) is 0 Å². The smallest absolute Gasteiger partial charge is 0.289 e. The summed E-state index contributed by atoms with van der Waals surface area (Å²) in [5.74, 6) is 0.708. The van der Waals surface area contributed by atoms with Gasteiger partial charge in [0.15, 0.2) is 5.82 Å². The van der Waals surface area contributed by atoms with Gasteiger partial charge in [0.25, 0.3) is 5.91 Å². The summed E-state index contributed by atoms with van der Waals surface area (Å²) < 4.78 is 0. The number of aromatic amines is 1. The first-order chi connectivity index (χ1) is 10.7. The predicted octanol–water partition coefficient (Wildman–Crippen LogP) is 2.74. The van der Waals surface area contributed by atoms with Crippen LogP contribution in [0.5, 0.6) is 5.75 Å². The fourth-order valence-corrected chi connectivity index (χ4v) is 3.13. The molecule has 1 saturated heterocycles. The van der Waals surface area contributed by atoms with Gasteiger partial charge in [0, 0.05) is 25.0 Å². The molecule has 2 aromatic rings. The molecule has 5 heteroatoms. The van der Waals surface area contributed by atoms with E-state index in [4.69, 9.17) is 0 Å². The third-order valence-corrected chi connectivity index (χ3v) is 4.27. The highest BCUT2D eigenvalue weighted by molar-refractivity contribution is 5.90. The topological polar surface area (TPSA) is 69.2 Å². The first kappa shape index (κ1) is 14.6. The van der Waals surface area contributed by atoms with E-state index in [0.717, 1.165) is 44.2 Å². The van der Waals surface area contributed by atoms with Gasteiger partial charge in [-0.05, 0) is 49.8 Å². The third-order valence-electron chi connectivity index (χ3n) is 4.27. The molecule has 0 bridgehead atoms. The highest BCUT2D eigenvalue weighted by Crippen LogP contribution is 2.23. The van der Waals surface area contributed by atoms with Crippen LogP contribution in [0.3, 0.4) is 0 Å². The lowest BCUT2D eigenvalue weighted by Crippen LogP contribution is -2.44. The molecular weight excluding hydrogens is 278 g/mol. The van der Waals surface area contributed by atoms with Gasteiger partial charge in [0.1, 0.15) is 5.75 Å². The number of H-pyrrole nitrogens is 1. The van der Waals surface area contributed by atoms with Gasteiger partial charge in [-0.2, -0.15) is 0 Å². The van der Waals surface area contributed by atoms with Crippen molar-refractivity contribution in [1.82, 2.24) is 14.9 Å². The molecule has 2 heterocycles. The van der Waals surface area contributed by atoms with Crippen molar-refractivity contribution in [3.8, 4) is 5.75 Å². The molecule has 0 spiro atoms.